The molecule has 2 nitrogen and oxygen atoms in total. The zero-order valence-corrected chi connectivity index (χ0v) is 9.96. The molecule has 0 N–H and O–H groups in total. The molecular formula is C13H13NOS. The Kier molecular flexibility index (Phi) is 3.57. The van der Waals surface area contributed by atoms with Crippen LogP contribution in [0.4, 0.5) is 0 Å². The number of hydrogen-bond donors (Lipinski definition) is 0. The molecule has 16 heavy (non-hydrogen) atoms. The first-order chi connectivity index (χ1) is 7.81. The maximum absolute atomic E-state index is 11.8. The van der Waals surface area contributed by atoms with Crippen LogP contribution in [-0.2, 0) is 0 Å². The smallest absolute Gasteiger partial charge is 0.163 e. The minimum atomic E-state index is 0.196. The zero-order chi connectivity index (χ0) is 11.4. The Morgan fingerprint density at radius 3 is 3.06 bits per heavy atom. The first-order valence-electron chi connectivity index (χ1n) is 5.18. The van der Waals surface area contributed by atoms with E-state index in [1.807, 2.05) is 36.6 Å². The molecule has 82 valence electrons. The molecule has 2 aromatic rings. The monoisotopic (exact) mass is 231 g/mol. The van der Waals surface area contributed by atoms with E-state index in [2.05, 4.69) is 4.98 Å². The maximum Gasteiger partial charge on any atom is 0.163 e. The van der Waals surface area contributed by atoms with Crippen molar-refractivity contribution < 1.29 is 4.79 Å². The minimum Gasteiger partial charge on any atom is -0.294 e. The number of thioether (sulfide) groups is 1. The van der Waals surface area contributed by atoms with Crippen LogP contribution in [0.25, 0.3) is 10.9 Å². The minimum absolute atomic E-state index is 0.196. The lowest BCUT2D eigenvalue weighted by Crippen LogP contribution is -2.00. The molecule has 0 saturated carbocycles. The van der Waals surface area contributed by atoms with Gasteiger partial charge in [-0.05, 0) is 18.4 Å². The third-order valence-corrected chi connectivity index (χ3v) is 3.07. The third-order valence-electron chi connectivity index (χ3n) is 2.46. The van der Waals surface area contributed by atoms with Gasteiger partial charge in [0.05, 0.1) is 5.52 Å². The molecule has 0 aliphatic rings. The second kappa shape index (κ2) is 5.12. The third kappa shape index (κ3) is 2.42. The number of benzene rings is 1. The van der Waals surface area contributed by atoms with E-state index in [0.717, 1.165) is 22.2 Å². The summed E-state index contributed by atoms with van der Waals surface area (Å²) >= 11 is 1.69. The largest absolute Gasteiger partial charge is 0.294 e. The molecule has 0 aliphatic carbocycles. The highest BCUT2D eigenvalue weighted by atomic mass is 32.2. The van der Waals surface area contributed by atoms with Crippen molar-refractivity contribution >= 4 is 28.4 Å². The molecule has 0 radical (unpaired) electrons. The molecular weight excluding hydrogens is 218 g/mol. The summed E-state index contributed by atoms with van der Waals surface area (Å²) in [6.07, 6.45) is 4.35. The van der Waals surface area contributed by atoms with Crippen LogP contribution in [0.15, 0.2) is 36.5 Å². The van der Waals surface area contributed by atoms with Gasteiger partial charge in [-0.3, -0.25) is 9.78 Å². The lowest BCUT2D eigenvalue weighted by molar-refractivity contribution is 0.0989. The van der Waals surface area contributed by atoms with Gasteiger partial charge in [-0.1, -0.05) is 18.2 Å². The van der Waals surface area contributed by atoms with E-state index < -0.39 is 0 Å². The van der Waals surface area contributed by atoms with Crippen molar-refractivity contribution in [2.75, 3.05) is 12.0 Å². The standard InChI is InChI=1S/C13H13NOS/c1-16-8-6-13(15)11-5-4-10-3-2-7-14-12(10)9-11/h2-5,7,9H,6,8H2,1H3. The average molecular weight is 231 g/mol. The summed E-state index contributed by atoms with van der Waals surface area (Å²) in [5, 5.41) is 1.07. The fourth-order valence-electron chi connectivity index (χ4n) is 1.58. The van der Waals surface area contributed by atoms with Crippen LogP contribution < -0.4 is 0 Å². The van der Waals surface area contributed by atoms with Crippen molar-refractivity contribution in [3.8, 4) is 0 Å². The first kappa shape index (κ1) is 11.1. The number of hydrogen-bond acceptors (Lipinski definition) is 3. The molecule has 0 aliphatic heterocycles. The summed E-state index contributed by atoms with van der Waals surface area (Å²) in [6, 6.07) is 9.61. The van der Waals surface area contributed by atoms with Crippen molar-refractivity contribution in [1.82, 2.24) is 4.98 Å². The Balaban J connectivity index is 2.28. The molecule has 0 fully saturated rings. The average Bonchev–Trinajstić information content (AvgIpc) is 2.35. The van der Waals surface area contributed by atoms with E-state index >= 15 is 0 Å². The SMILES string of the molecule is CSCCC(=O)c1ccc2cccnc2c1. The summed E-state index contributed by atoms with van der Waals surface area (Å²) in [7, 11) is 0. The quantitative estimate of drug-likeness (QED) is 0.757. The van der Waals surface area contributed by atoms with Gasteiger partial charge in [0.2, 0.25) is 0 Å². The van der Waals surface area contributed by atoms with E-state index in [0.29, 0.717) is 6.42 Å². The fourth-order valence-corrected chi connectivity index (χ4v) is 1.97. The number of rotatable bonds is 4. The number of fused-ring (bicyclic) bond motifs is 1. The number of Topliss-reactive ketones (excluding diaryl/α,β-unsaturated/α-hetero) is 1. The van der Waals surface area contributed by atoms with Gasteiger partial charge < -0.3 is 0 Å². The fraction of sp³-hybridized carbons (Fsp3) is 0.231. The summed E-state index contributed by atoms with van der Waals surface area (Å²) in [5.41, 5.74) is 1.65. The van der Waals surface area contributed by atoms with Crippen LogP contribution in [-0.4, -0.2) is 22.8 Å². The Labute approximate surface area is 99.1 Å². The first-order valence-corrected chi connectivity index (χ1v) is 6.57. The molecule has 0 atom stereocenters. The van der Waals surface area contributed by atoms with Gasteiger partial charge in [-0.15, -0.1) is 0 Å². The molecule has 2 rings (SSSR count). The maximum atomic E-state index is 11.8. The number of aromatic nitrogens is 1. The molecule has 1 heterocycles. The van der Waals surface area contributed by atoms with Crippen molar-refractivity contribution in [3.63, 3.8) is 0 Å². The highest BCUT2D eigenvalue weighted by molar-refractivity contribution is 7.98. The number of nitrogens with zero attached hydrogens (tertiary/aromatic N) is 1. The van der Waals surface area contributed by atoms with Crippen molar-refractivity contribution in [2.24, 2.45) is 0 Å². The molecule has 1 aromatic carbocycles. The molecule has 0 amide bonds. The van der Waals surface area contributed by atoms with Gasteiger partial charge in [-0.2, -0.15) is 11.8 Å². The van der Waals surface area contributed by atoms with E-state index in [4.69, 9.17) is 0 Å². The summed E-state index contributed by atoms with van der Waals surface area (Å²) < 4.78 is 0. The van der Waals surface area contributed by atoms with Gasteiger partial charge in [-0.25, -0.2) is 0 Å². The van der Waals surface area contributed by atoms with Gasteiger partial charge in [0.1, 0.15) is 0 Å². The predicted molar refractivity (Wildman–Crippen MR) is 69.1 cm³/mol. The van der Waals surface area contributed by atoms with E-state index in [9.17, 15) is 4.79 Å². The Bertz CT molecular complexity index is 510. The van der Waals surface area contributed by atoms with Crippen LogP contribution in [0, 0.1) is 0 Å². The van der Waals surface area contributed by atoms with Gasteiger partial charge in [0.25, 0.3) is 0 Å². The molecule has 1 aromatic heterocycles. The lowest BCUT2D eigenvalue weighted by Gasteiger charge is -2.01. The zero-order valence-electron chi connectivity index (χ0n) is 9.14. The van der Waals surface area contributed by atoms with Crippen molar-refractivity contribution in [3.05, 3.63) is 42.1 Å². The van der Waals surface area contributed by atoms with Crippen molar-refractivity contribution in [1.29, 1.82) is 0 Å². The Morgan fingerprint density at radius 2 is 2.25 bits per heavy atom. The second-order valence-corrected chi connectivity index (χ2v) is 4.56. The van der Waals surface area contributed by atoms with Gasteiger partial charge in [0, 0.05) is 29.3 Å². The molecule has 0 bridgehead atoms. The van der Waals surface area contributed by atoms with Gasteiger partial charge >= 0.3 is 0 Å². The normalized spacial score (nSPS) is 10.6. The molecule has 0 spiro atoms. The Morgan fingerprint density at radius 1 is 1.38 bits per heavy atom. The number of ketones is 1. The predicted octanol–water partition coefficient (Wildman–Crippen LogP) is 3.17. The summed E-state index contributed by atoms with van der Waals surface area (Å²) in [5.74, 6) is 1.07. The number of carbonyl (C=O) groups excluding carboxylic acids is 1. The van der Waals surface area contributed by atoms with Crippen LogP contribution in [0.5, 0.6) is 0 Å². The van der Waals surface area contributed by atoms with E-state index in [1.54, 1.807) is 18.0 Å². The summed E-state index contributed by atoms with van der Waals surface area (Å²) in [4.78, 5) is 16.1. The van der Waals surface area contributed by atoms with E-state index in [-0.39, 0.29) is 5.78 Å². The second-order valence-electron chi connectivity index (χ2n) is 3.58. The topological polar surface area (TPSA) is 30.0 Å². The molecule has 3 heteroatoms. The Hall–Kier alpha value is -1.35. The summed E-state index contributed by atoms with van der Waals surface area (Å²) in [6.45, 7) is 0. The van der Waals surface area contributed by atoms with Crippen LogP contribution >= 0.6 is 11.8 Å². The van der Waals surface area contributed by atoms with E-state index in [1.165, 1.54) is 0 Å². The molecule has 0 saturated heterocycles. The highest BCUT2D eigenvalue weighted by Crippen LogP contribution is 2.15. The molecule has 0 unspecified atom stereocenters. The van der Waals surface area contributed by atoms with Gasteiger partial charge in [0.15, 0.2) is 5.78 Å². The van der Waals surface area contributed by atoms with Crippen LogP contribution in [0.1, 0.15) is 16.8 Å². The lowest BCUT2D eigenvalue weighted by atomic mass is 10.1. The van der Waals surface area contributed by atoms with Crippen LogP contribution in [0.2, 0.25) is 0 Å². The van der Waals surface area contributed by atoms with Crippen molar-refractivity contribution in [2.45, 2.75) is 6.42 Å². The number of pyridine rings is 1. The highest BCUT2D eigenvalue weighted by Gasteiger charge is 2.06. The van der Waals surface area contributed by atoms with Crippen LogP contribution in [0.3, 0.4) is 0 Å². The number of carbonyl (C=O) groups is 1.